The summed E-state index contributed by atoms with van der Waals surface area (Å²) >= 11 is 13.7. The van der Waals surface area contributed by atoms with Crippen LogP contribution in [0.4, 0.5) is 5.82 Å². The van der Waals surface area contributed by atoms with Gasteiger partial charge in [-0.3, -0.25) is 4.57 Å². The first-order chi connectivity index (χ1) is 12.5. The molecule has 26 heavy (non-hydrogen) atoms. The molecule has 3 N–H and O–H groups in total. The van der Waals surface area contributed by atoms with Crippen molar-refractivity contribution in [2.75, 3.05) is 11.1 Å². The number of aliphatic hydroxyl groups excluding tert-OH is 2. The van der Waals surface area contributed by atoms with Gasteiger partial charge in [-0.2, -0.15) is 9.97 Å². The lowest BCUT2D eigenvalue weighted by Gasteiger charge is -2.17. The molecule has 7 nitrogen and oxygen atoms in total. The second-order valence-electron chi connectivity index (χ2n) is 5.89. The molecule has 0 bridgehead atoms. The van der Waals surface area contributed by atoms with E-state index in [1.165, 1.54) is 11.8 Å². The summed E-state index contributed by atoms with van der Waals surface area (Å²) in [6.07, 6.45) is -0.0989. The van der Waals surface area contributed by atoms with E-state index in [4.69, 9.17) is 23.2 Å². The van der Waals surface area contributed by atoms with E-state index in [0.717, 1.165) is 5.56 Å². The maximum absolute atomic E-state index is 10.2. The van der Waals surface area contributed by atoms with Crippen molar-refractivity contribution >= 4 is 51.9 Å². The van der Waals surface area contributed by atoms with Crippen LogP contribution in [0.25, 0.3) is 11.2 Å². The monoisotopic (exact) mass is 411 g/mol. The molecule has 136 valence electrons. The summed E-state index contributed by atoms with van der Waals surface area (Å²) in [6, 6.07) is 7.51. The zero-order chi connectivity index (χ0) is 18.3. The summed E-state index contributed by atoms with van der Waals surface area (Å²) < 4.78 is 1.72. The Kier molecular flexibility index (Phi) is 4.94. The van der Waals surface area contributed by atoms with Crippen molar-refractivity contribution in [1.82, 2.24) is 19.5 Å². The van der Waals surface area contributed by atoms with E-state index in [-0.39, 0.29) is 10.7 Å². The van der Waals surface area contributed by atoms with Crippen LogP contribution < -0.4 is 5.32 Å². The summed E-state index contributed by atoms with van der Waals surface area (Å²) in [4.78, 5) is 12.9. The summed E-state index contributed by atoms with van der Waals surface area (Å²) in [7, 11) is 0. The largest absolute Gasteiger partial charge is 0.389 e. The van der Waals surface area contributed by atoms with Crippen LogP contribution in [0.15, 0.2) is 30.6 Å². The zero-order valence-corrected chi connectivity index (χ0v) is 15.7. The predicted molar refractivity (Wildman–Crippen MR) is 103 cm³/mol. The second-order valence-corrected chi connectivity index (χ2v) is 7.79. The van der Waals surface area contributed by atoms with Crippen molar-refractivity contribution in [3.8, 4) is 0 Å². The molecule has 10 heteroatoms. The van der Waals surface area contributed by atoms with Gasteiger partial charge in [-0.05, 0) is 23.2 Å². The van der Waals surface area contributed by atoms with E-state index in [0.29, 0.717) is 34.3 Å². The predicted octanol–water partition coefficient (Wildman–Crippen LogP) is 2.71. The average Bonchev–Trinajstić information content (AvgIpc) is 3.18. The van der Waals surface area contributed by atoms with E-state index in [1.807, 2.05) is 24.3 Å². The topological polar surface area (TPSA) is 96.1 Å². The van der Waals surface area contributed by atoms with Crippen LogP contribution in [-0.2, 0) is 6.54 Å². The van der Waals surface area contributed by atoms with Gasteiger partial charge in [0.15, 0.2) is 17.0 Å². The number of aromatic nitrogens is 4. The minimum absolute atomic E-state index is 0.0685. The minimum Gasteiger partial charge on any atom is -0.389 e. The lowest BCUT2D eigenvalue weighted by molar-refractivity contribution is 0.0313. The van der Waals surface area contributed by atoms with Crippen molar-refractivity contribution in [2.45, 2.75) is 24.1 Å². The lowest BCUT2D eigenvalue weighted by Crippen LogP contribution is -2.27. The highest BCUT2D eigenvalue weighted by Gasteiger charge is 2.36. The summed E-state index contributed by atoms with van der Waals surface area (Å²) in [5.74, 6) is 0.929. The molecular formula is C16H15Cl2N5O2S. The number of benzene rings is 1. The second kappa shape index (κ2) is 7.21. The highest BCUT2D eigenvalue weighted by Crippen LogP contribution is 2.38. The van der Waals surface area contributed by atoms with Gasteiger partial charge in [-0.15, -0.1) is 11.8 Å². The number of anilines is 1. The first-order valence-electron chi connectivity index (χ1n) is 7.89. The normalized spacial score (nSPS) is 22.8. The van der Waals surface area contributed by atoms with E-state index in [1.54, 1.807) is 10.9 Å². The summed E-state index contributed by atoms with van der Waals surface area (Å²) in [5, 5.41) is 23.5. The Labute approximate surface area is 163 Å². The third-order valence-electron chi connectivity index (χ3n) is 4.20. The first kappa shape index (κ1) is 17.8. The van der Waals surface area contributed by atoms with Gasteiger partial charge in [0, 0.05) is 17.3 Å². The van der Waals surface area contributed by atoms with Gasteiger partial charge in [0.2, 0.25) is 5.28 Å². The van der Waals surface area contributed by atoms with Gasteiger partial charge in [0.05, 0.1) is 12.4 Å². The van der Waals surface area contributed by atoms with Crippen molar-refractivity contribution < 1.29 is 10.2 Å². The van der Waals surface area contributed by atoms with E-state index in [9.17, 15) is 10.2 Å². The molecule has 4 rings (SSSR count). The number of halogens is 2. The quantitative estimate of drug-likeness (QED) is 0.567. The number of imidazole rings is 1. The molecule has 0 aliphatic carbocycles. The number of aliphatic hydroxyl groups is 2. The van der Waals surface area contributed by atoms with Gasteiger partial charge in [0.25, 0.3) is 0 Å². The third kappa shape index (κ3) is 3.23. The molecule has 0 spiro atoms. The van der Waals surface area contributed by atoms with Crippen LogP contribution in [0.1, 0.15) is 10.9 Å². The fraction of sp³-hybridized carbons (Fsp3) is 0.312. The maximum atomic E-state index is 10.2. The molecule has 1 aliphatic rings. The molecule has 0 amide bonds. The van der Waals surface area contributed by atoms with E-state index >= 15 is 0 Å². The molecule has 2 unspecified atom stereocenters. The van der Waals surface area contributed by atoms with Crippen molar-refractivity contribution in [3.63, 3.8) is 0 Å². The molecule has 3 aromatic rings. The molecule has 2 aromatic heterocycles. The molecule has 0 saturated carbocycles. The molecule has 1 saturated heterocycles. The van der Waals surface area contributed by atoms with Gasteiger partial charge in [-0.1, -0.05) is 29.8 Å². The summed E-state index contributed by atoms with van der Waals surface area (Å²) in [5.41, 5.74) is 1.95. The molecule has 3 atom stereocenters. The molecule has 1 fully saturated rings. The minimum atomic E-state index is -0.898. The number of rotatable bonds is 4. The van der Waals surface area contributed by atoms with Crippen molar-refractivity contribution in [1.29, 1.82) is 0 Å². The maximum Gasteiger partial charge on any atom is 0.226 e. The third-order valence-corrected chi connectivity index (χ3v) is 6.12. The molecular weight excluding hydrogens is 397 g/mol. The molecule has 1 aliphatic heterocycles. The van der Waals surface area contributed by atoms with Crippen LogP contribution in [0.5, 0.6) is 0 Å². The van der Waals surface area contributed by atoms with Gasteiger partial charge in [0.1, 0.15) is 11.5 Å². The van der Waals surface area contributed by atoms with E-state index in [2.05, 4.69) is 20.3 Å². The van der Waals surface area contributed by atoms with Crippen LogP contribution in [-0.4, -0.2) is 47.7 Å². The van der Waals surface area contributed by atoms with Crippen LogP contribution in [0.3, 0.4) is 0 Å². The number of hydrogen-bond acceptors (Lipinski definition) is 7. The first-order valence-corrected chi connectivity index (χ1v) is 9.70. The van der Waals surface area contributed by atoms with Gasteiger partial charge < -0.3 is 15.5 Å². The smallest absolute Gasteiger partial charge is 0.226 e. The number of nitrogens with one attached hydrogen (secondary N) is 1. The van der Waals surface area contributed by atoms with Crippen LogP contribution in [0.2, 0.25) is 10.3 Å². The average molecular weight is 412 g/mol. The lowest BCUT2D eigenvalue weighted by atomic mass is 10.2. The van der Waals surface area contributed by atoms with Crippen molar-refractivity contribution in [2.24, 2.45) is 0 Å². The molecule has 1 aromatic carbocycles. The van der Waals surface area contributed by atoms with E-state index < -0.39 is 12.2 Å². The Bertz CT molecular complexity index is 954. The van der Waals surface area contributed by atoms with Crippen LogP contribution in [0, 0.1) is 0 Å². The fourth-order valence-corrected chi connectivity index (χ4v) is 4.50. The number of thioether (sulfide) groups is 1. The SMILES string of the molecule is OC1CS[C@@H](n2cnc3c(NCc4ccccc4Cl)nc(Cl)nc32)C1O. The van der Waals surface area contributed by atoms with Crippen LogP contribution >= 0.6 is 35.0 Å². The zero-order valence-electron chi connectivity index (χ0n) is 13.4. The Morgan fingerprint density at radius 3 is 2.77 bits per heavy atom. The van der Waals surface area contributed by atoms with Gasteiger partial charge >= 0.3 is 0 Å². The highest BCUT2D eigenvalue weighted by atomic mass is 35.5. The number of nitrogens with zero attached hydrogens (tertiary/aromatic N) is 4. The molecule has 0 radical (unpaired) electrons. The highest BCUT2D eigenvalue weighted by molar-refractivity contribution is 7.99. The fourth-order valence-electron chi connectivity index (χ4n) is 2.85. The number of hydrogen-bond donors (Lipinski definition) is 3. The Morgan fingerprint density at radius 1 is 1.23 bits per heavy atom. The standard InChI is InChI=1S/C16H15Cl2N5O2S/c17-9-4-2-1-3-8(9)5-19-13-11-14(22-16(18)21-13)23(7-20-11)15-12(25)10(24)6-26-15/h1-4,7,10,12,15,24-25H,5-6H2,(H,19,21,22)/t10?,12?,15-/m1/s1. The Hall–Kier alpha value is -1.58. The Morgan fingerprint density at radius 2 is 2.04 bits per heavy atom. The number of fused-ring (bicyclic) bond motifs is 1. The van der Waals surface area contributed by atoms with Gasteiger partial charge in [-0.25, -0.2) is 4.98 Å². The van der Waals surface area contributed by atoms with Crippen molar-refractivity contribution in [3.05, 3.63) is 46.5 Å². The molecule has 3 heterocycles. The Balaban J connectivity index is 1.67. The summed E-state index contributed by atoms with van der Waals surface area (Å²) in [6.45, 7) is 0.453.